The van der Waals surface area contributed by atoms with Gasteiger partial charge in [0.05, 0.1) is 5.92 Å². The Morgan fingerprint density at radius 1 is 1.21 bits per heavy atom. The van der Waals surface area contributed by atoms with Gasteiger partial charge in [0.15, 0.2) is 0 Å². The fraction of sp³-hybridized carbons (Fsp3) is 0.471. The van der Waals surface area contributed by atoms with E-state index in [0.29, 0.717) is 24.9 Å². The molecule has 0 saturated heterocycles. The van der Waals surface area contributed by atoms with Gasteiger partial charge in [-0.3, -0.25) is 9.59 Å². The van der Waals surface area contributed by atoms with Gasteiger partial charge in [-0.25, -0.2) is 4.79 Å². The molecule has 1 unspecified atom stereocenters. The van der Waals surface area contributed by atoms with Crippen LogP contribution in [0.4, 0.5) is 4.79 Å². The maximum atomic E-state index is 11.7. The number of carbonyl (C=O) groups is 3. The highest BCUT2D eigenvalue weighted by molar-refractivity contribution is 5.92. The lowest BCUT2D eigenvalue weighted by Gasteiger charge is -2.15. The number of primary amides is 1. The summed E-state index contributed by atoms with van der Waals surface area (Å²) >= 11 is 0. The number of amides is 3. The highest BCUT2D eigenvalue weighted by Crippen LogP contribution is 2.11. The van der Waals surface area contributed by atoms with E-state index in [1.54, 1.807) is 18.2 Å². The zero-order valence-corrected chi connectivity index (χ0v) is 14.0. The summed E-state index contributed by atoms with van der Waals surface area (Å²) in [6.45, 7) is 4.35. The van der Waals surface area contributed by atoms with Crippen LogP contribution in [-0.4, -0.2) is 36.1 Å². The summed E-state index contributed by atoms with van der Waals surface area (Å²) < 4.78 is 0. The van der Waals surface area contributed by atoms with Crippen molar-refractivity contribution in [1.29, 1.82) is 0 Å². The van der Waals surface area contributed by atoms with Gasteiger partial charge in [-0.1, -0.05) is 26.0 Å². The molecule has 0 fully saturated rings. The van der Waals surface area contributed by atoms with Crippen molar-refractivity contribution in [2.24, 2.45) is 17.6 Å². The van der Waals surface area contributed by atoms with Crippen LogP contribution >= 0.6 is 0 Å². The summed E-state index contributed by atoms with van der Waals surface area (Å²) in [7, 11) is 0. The minimum atomic E-state index is -0.910. The van der Waals surface area contributed by atoms with E-state index in [9.17, 15) is 14.4 Å². The Bertz CT molecular complexity index is 587. The highest BCUT2D eigenvalue weighted by atomic mass is 16.4. The Balaban J connectivity index is 2.37. The predicted molar refractivity (Wildman–Crippen MR) is 90.6 cm³/mol. The lowest BCUT2D eigenvalue weighted by Crippen LogP contribution is -2.40. The molecule has 132 valence electrons. The second-order valence-electron chi connectivity index (χ2n) is 6.12. The summed E-state index contributed by atoms with van der Waals surface area (Å²) in [6, 6.07) is 6.49. The first-order chi connectivity index (χ1) is 11.3. The van der Waals surface area contributed by atoms with Crippen molar-refractivity contribution in [2.75, 3.05) is 13.1 Å². The van der Waals surface area contributed by atoms with Crippen molar-refractivity contribution < 1.29 is 19.5 Å². The predicted octanol–water partition coefficient (Wildman–Crippen LogP) is 1.37. The molecular formula is C17H25N3O4. The lowest BCUT2D eigenvalue weighted by atomic mass is 9.97. The first kappa shape index (κ1) is 19.5. The van der Waals surface area contributed by atoms with Crippen molar-refractivity contribution >= 4 is 17.9 Å². The molecule has 7 heteroatoms. The van der Waals surface area contributed by atoms with E-state index >= 15 is 0 Å². The molecule has 3 amide bonds. The molecule has 0 aliphatic carbocycles. The van der Waals surface area contributed by atoms with Crippen LogP contribution in [0.3, 0.4) is 0 Å². The third-order valence-electron chi connectivity index (χ3n) is 3.52. The van der Waals surface area contributed by atoms with Gasteiger partial charge in [0.2, 0.25) is 5.91 Å². The number of nitrogens with two attached hydrogens (primary N) is 1. The van der Waals surface area contributed by atoms with E-state index in [-0.39, 0.29) is 12.5 Å². The molecule has 0 heterocycles. The molecule has 5 N–H and O–H groups in total. The fourth-order valence-electron chi connectivity index (χ4n) is 2.32. The van der Waals surface area contributed by atoms with Crippen LogP contribution < -0.4 is 16.4 Å². The minimum Gasteiger partial charge on any atom is -0.481 e. The number of hydrogen-bond donors (Lipinski definition) is 4. The van der Waals surface area contributed by atoms with Crippen LogP contribution in [0.1, 0.15) is 36.2 Å². The first-order valence-electron chi connectivity index (χ1n) is 7.92. The number of benzene rings is 1. The first-order valence-corrected chi connectivity index (χ1v) is 7.92. The summed E-state index contributed by atoms with van der Waals surface area (Å²) in [5.41, 5.74) is 6.53. The number of hydrogen-bond acceptors (Lipinski definition) is 3. The van der Waals surface area contributed by atoms with E-state index in [1.807, 2.05) is 19.9 Å². The standard InChI is InChI=1S/C17H25N3O4/c1-11(2)8-14(16(22)23)10-20-17(24)19-7-6-12-4-3-5-13(9-12)15(18)21/h3-5,9,11,14H,6-8,10H2,1-2H3,(H2,18,21)(H,22,23)(H2,19,20,24). The third kappa shape index (κ3) is 7.13. The molecule has 1 atom stereocenters. The topological polar surface area (TPSA) is 122 Å². The molecule has 0 aliphatic rings. The molecule has 0 aromatic heterocycles. The molecule has 0 bridgehead atoms. The van der Waals surface area contributed by atoms with Crippen molar-refractivity contribution in [3.63, 3.8) is 0 Å². The zero-order valence-electron chi connectivity index (χ0n) is 14.0. The van der Waals surface area contributed by atoms with Crippen LogP contribution in [0, 0.1) is 11.8 Å². The minimum absolute atomic E-state index is 0.0938. The van der Waals surface area contributed by atoms with Gasteiger partial charge in [-0.15, -0.1) is 0 Å². The van der Waals surface area contributed by atoms with Gasteiger partial charge in [0.25, 0.3) is 0 Å². The van der Waals surface area contributed by atoms with Crippen LogP contribution in [0.15, 0.2) is 24.3 Å². The molecule has 0 aliphatic heterocycles. The molecule has 0 spiro atoms. The van der Waals surface area contributed by atoms with Gasteiger partial charge in [-0.05, 0) is 36.5 Å². The molecule has 7 nitrogen and oxygen atoms in total. The summed E-state index contributed by atoms with van der Waals surface area (Å²) in [4.78, 5) is 34.0. The highest BCUT2D eigenvalue weighted by Gasteiger charge is 2.19. The van der Waals surface area contributed by atoms with E-state index in [4.69, 9.17) is 10.8 Å². The average molecular weight is 335 g/mol. The molecule has 0 radical (unpaired) electrons. The number of aliphatic carboxylic acids is 1. The van der Waals surface area contributed by atoms with Crippen LogP contribution in [0.2, 0.25) is 0 Å². The lowest BCUT2D eigenvalue weighted by molar-refractivity contribution is -0.142. The number of urea groups is 1. The average Bonchev–Trinajstić information content (AvgIpc) is 2.51. The normalized spacial score (nSPS) is 11.8. The second-order valence-corrected chi connectivity index (χ2v) is 6.12. The van der Waals surface area contributed by atoms with Gasteiger partial charge >= 0.3 is 12.0 Å². The SMILES string of the molecule is CC(C)CC(CNC(=O)NCCc1cccc(C(N)=O)c1)C(=O)O. The Kier molecular flexibility index (Phi) is 7.74. The second kappa shape index (κ2) is 9.54. The monoisotopic (exact) mass is 335 g/mol. The number of carboxylic acid groups (broad SMARTS) is 1. The fourth-order valence-corrected chi connectivity index (χ4v) is 2.32. The summed E-state index contributed by atoms with van der Waals surface area (Å²) in [5, 5.41) is 14.4. The maximum absolute atomic E-state index is 11.7. The van der Waals surface area contributed by atoms with Gasteiger partial charge in [-0.2, -0.15) is 0 Å². The Morgan fingerprint density at radius 2 is 1.92 bits per heavy atom. The van der Waals surface area contributed by atoms with Crippen LogP contribution in [0.5, 0.6) is 0 Å². The van der Waals surface area contributed by atoms with Crippen molar-refractivity contribution in [2.45, 2.75) is 26.7 Å². The smallest absolute Gasteiger partial charge is 0.314 e. The van der Waals surface area contributed by atoms with Gasteiger partial charge in [0, 0.05) is 18.7 Å². The quantitative estimate of drug-likeness (QED) is 0.544. The van der Waals surface area contributed by atoms with Crippen LogP contribution in [-0.2, 0) is 11.2 Å². The number of rotatable bonds is 9. The van der Waals surface area contributed by atoms with Crippen LogP contribution in [0.25, 0.3) is 0 Å². The third-order valence-corrected chi connectivity index (χ3v) is 3.52. The zero-order chi connectivity index (χ0) is 18.1. The Morgan fingerprint density at radius 3 is 2.50 bits per heavy atom. The van der Waals surface area contributed by atoms with E-state index < -0.39 is 23.8 Å². The van der Waals surface area contributed by atoms with Gasteiger partial charge in [0.1, 0.15) is 0 Å². The largest absolute Gasteiger partial charge is 0.481 e. The van der Waals surface area contributed by atoms with Gasteiger partial charge < -0.3 is 21.5 Å². The molecule has 24 heavy (non-hydrogen) atoms. The maximum Gasteiger partial charge on any atom is 0.314 e. The van der Waals surface area contributed by atoms with Crippen molar-refractivity contribution in [3.05, 3.63) is 35.4 Å². The van der Waals surface area contributed by atoms with Crippen molar-refractivity contribution in [1.82, 2.24) is 10.6 Å². The van der Waals surface area contributed by atoms with E-state index in [2.05, 4.69) is 10.6 Å². The van der Waals surface area contributed by atoms with E-state index in [0.717, 1.165) is 5.56 Å². The number of nitrogens with one attached hydrogen (secondary N) is 2. The molecule has 0 saturated carbocycles. The summed E-state index contributed by atoms with van der Waals surface area (Å²) in [5.74, 6) is -1.75. The number of carboxylic acids is 1. The molecule has 1 rings (SSSR count). The molecular weight excluding hydrogens is 310 g/mol. The molecule has 1 aromatic carbocycles. The summed E-state index contributed by atoms with van der Waals surface area (Å²) in [6.07, 6.45) is 1.05. The number of carbonyl (C=O) groups excluding carboxylic acids is 2. The Hall–Kier alpha value is -2.57. The van der Waals surface area contributed by atoms with Crippen molar-refractivity contribution in [3.8, 4) is 0 Å². The molecule has 1 aromatic rings. The van der Waals surface area contributed by atoms with E-state index in [1.165, 1.54) is 0 Å². The Labute approximate surface area is 141 Å².